The molecule has 2 saturated heterocycles. The van der Waals surface area contributed by atoms with Crippen LogP contribution in [0.5, 0.6) is 0 Å². The lowest BCUT2D eigenvalue weighted by atomic mass is 10.1. The summed E-state index contributed by atoms with van der Waals surface area (Å²) < 4.78 is 116. The first-order valence-corrected chi connectivity index (χ1v) is 5.81. The standard InChI is InChI=1S/C10H10F8O3/c11-7(12,1-5-3-19-5)9(15,16)21-10(17,18)8(13,14)2-6-4-20-6/h5-6H,1-4H2. The predicted molar refractivity (Wildman–Crippen MR) is 49.6 cm³/mol. The number of alkyl halides is 8. The minimum atomic E-state index is -5.77. The van der Waals surface area contributed by atoms with Gasteiger partial charge in [-0.2, -0.15) is 35.1 Å². The van der Waals surface area contributed by atoms with Crippen LogP contribution in [0, 0.1) is 0 Å². The van der Waals surface area contributed by atoms with E-state index < -0.39 is 49.1 Å². The number of rotatable bonds is 8. The first kappa shape index (κ1) is 16.7. The van der Waals surface area contributed by atoms with Crippen molar-refractivity contribution in [1.82, 2.24) is 0 Å². The Kier molecular flexibility index (Phi) is 3.91. The van der Waals surface area contributed by atoms with Gasteiger partial charge in [0.1, 0.15) is 0 Å². The molecule has 3 nitrogen and oxygen atoms in total. The molecule has 0 amide bonds. The van der Waals surface area contributed by atoms with Crippen LogP contribution in [0.4, 0.5) is 35.1 Å². The summed E-state index contributed by atoms with van der Waals surface area (Å²) in [6, 6.07) is 0. The Labute approximate surface area is 113 Å². The van der Waals surface area contributed by atoms with Crippen LogP contribution >= 0.6 is 0 Å². The summed E-state index contributed by atoms with van der Waals surface area (Å²) >= 11 is 0. The van der Waals surface area contributed by atoms with Gasteiger partial charge in [0.05, 0.1) is 25.4 Å². The van der Waals surface area contributed by atoms with Gasteiger partial charge in [0.25, 0.3) is 0 Å². The third kappa shape index (κ3) is 3.75. The van der Waals surface area contributed by atoms with E-state index in [0.717, 1.165) is 0 Å². The van der Waals surface area contributed by atoms with Gasteiger partial charge in [-0.3, -0.25) is 0 Å². The van der Waals surface area contributed by atoms with Crippen LogP contribution in [-0.4, -0.2) is 49.5 Å². The number of hydrogen-bond acceptors (Lipinski definition) is 3. The van der Waals surface area contributed by atoms with Crippen molar-refractivity contribution in [3.8, 4) is 0 Å². The highest BCUT2D eigenvalue weighted by atomic mass is 19.3. The zero-order valence-corrected chi connectivity index (χ0v) is 10.2. The van der Waals surface area contributed by atoms with Crippen molar-refractivity contribution in [2.45, 2.75) is 49.1 Å². The second kappa shape index (κ2) is 4.92. The van der Waals surface area contributed by atoms with Crippen LogP contribution in [0.3, 0.4) is 0 Å². The molecule has 2 atom stereocenters. The Balaban J connectivity index is 2.04. The number of epoxide rings is 2. The molecule has 2 fully saturated rings. The normalized spacial score (nSPS) is 26.9. The lowest BCUT2D eigenvalue weighted by Crippen LogP contribution is -2.54. The molecule has 0 bridgehead atoms. The second-order valence-electron chi connectivity index (χ2n) is 4.86. The number of ether oxygens (including phenoxy) is 3. The van der Waals surface area contributed by atoms with E-state index in [-0.39, 0.29) is 13.2 Å². The molecule has 0 aliphatic carbocycles. The van der Waals surface area contributed by atoms with Crippen LogP contribution in [0.25, 0.3) is 0 Å². The van der Waals surface area contributed by atoms with Crippen LogP contribution < -0.4 is 0 Å². The van der Waals surface area contributed by atoms with Gasteiger partial charge in [-0.25, -0.2) is 4.74 Å². The maximum absolute atomic E-state index is 13.1. The van der Waals surface area contributed by atoms with Gasteiger partial charge >= 0.3 is 24.1 Å². The van der Waals surface area contributed by atoms with Gasteiger partial charge in [0, 0.05) is 12.8 Å². The molecule has 2 rings (SSSR count). The van der Waals surface area contributed by atoms with E-state index in [2.05, 4.69) is 14.2 Å². The van der Waals surface area contributed by atoms with Crippen molar-refractivity contribution < 1.29 is 49.3 Å². The van der Waals surface area contributed by atoms with Crippen molar-refractivity contribution in [3.05, 3.63) is 0 Å². The Bertz CT molecular complexity index is 356. The van der Waals surface area contributed by atoms with Crippen LogP contribution in [0.2, 0.25) is 0 Å². The molecule has 0 aromatic heterocycles. The summed E-state index contributed by atoms with van der Waals surface area (Å²) in [5.41, 5.74) is 0. The average Bonchev–Trinajstić information content (AvgIpc) is 3.11. The first-order chi connectivity index (χ1) is 9.36. The van der Waals surface area contributed by atoms with Gasteiger partial charge in [-0.15, -0.1) is 0 Å². The fourth-order valence-electron chi connectivity index (χ4n) is 1.49. The third-order valence-corrected chi connectivity index (χ3v) is 2.88. The molecule has 0 aromatic rings. The highest BCUT2D eigenvalue weighted by Crippen LogP contribution is 2.49. The monoisotopic (exact) mass is 330 g/mol. The van der Waals surface area contributed by atoms with Crippen molar-refractivity contribution in [3.63, 3.8) is 0 Å². The van der Waals surface area contributed by atoms with E-state index >= 15 is 0 Å². The van der Waals surface area contributed by atoms with E-state index in [9.17, 15) is 35.1 Å². The van der Waals surface area contributed by atoms with Gasteiger partial charge in [0.15, 0.2) is 0 Å². The summed E-state index contributed by atoms with van der Waals surface area (Å²) in [7, 11) is 0. The third-order valence-electron chi connectivity index (χ3n) is 2.88. The van der Waals surface area contributed by atoms with Crippen LogP contribution in [0.1, 0.15) is 12.8 Å². The summed E-state index contributed by atoms with van der Waals surface area (Å²) in [4.78, 5) is 0. The largest absolute Gasteiger partial charge is 0.424 e. The molecular formula is C10H10F8O3. The molecular weight excluding hydrogens is 320 g/mol. The summed E-state index contributed by atoms with van der Waals surface area (Å²) in [5, 5.41) is 0. The molecule has 21 heavy (non-hydrogen) atoms. The lowest BCUT2D eigenvalue weighted by molar-refractivity contribution is -0.469. The Morgan fingerprint density at radius 1 is 0.714 bits per heavy atom. The van der Waals surface area contributed by atoms with E-state index in [0.29, 0.717) is 0 Å². The molecule has 2 aliphatic heterocycles. The molecule has 124 valence electrons. The van der Waals surface area contributed by atoms with E-state index in [1.54, 1.807) is 0 Å². The van der Waals surface area contributed by atoms with Gasteiger partial charge in [-0.05, 0) is 0 Å². The summed E-state index contributed by atoms with van der Waals surface area (Å²) in [5.74, 6) is -10.1. The van der Waals surface area contributed by atoms with Crippen LogP contribution in [0.15, 0.2) is 0 Å². The molecule has 0 saturated carbocycles. The predicted octanol–water partition coefficient (Wildman–Crippen LogP) is 3.04. The fraction of sp³-hybridized carbons (Fsp3) is 1.00. The van der Waals surface area contributed by atoms with Gasteiger partial charge in [0.2, 0.25) is 0 Å². The lowest BCUT2D eigenvalue weighted by Gasteiger charge is -2.32. The van der Waals surface area contributed by atoms with E-state index in [4.69, 9.17) is 0 Å². The average molecular weight is 330 g/mol. The highest BCUT2D eigenvalue weighted by molar-refractivity contribution is 4.90. The fourth-order valence-corrected chi connectivity index (χ4v) is 1.49. The SMILES string of the molecule is FC(F)(CC1CO1)C(F)(F)OC(F)(F)C(F)(F)CC1CO1. The zero-order valence-electron chi connectivity index (χ0n) is 10.2. The second-order valence-corrected chi connectivity index (χ2v) is 4.86. The molecule has 0 spiro atoms. The molecule has 11 heteroatoms. The minimum absolute atomic E-state index is 0.239. The van der Waals surface area contributed by atoms with E-state index in [1.807, 2.05) is 0 Å². The van der Waals surface area contributed by atoms with Gasteiger partial charge in [-0.1, -0.05) is 0 Å². The maximum Gasteiger partial charge on any atom is 0.424 e. The number of halogens is 8. The quantitative estimate of drug-likeness (QED) is 0.507. The molecule has 0 aromatic carbocycles. The Morgan fingerprint density at radius 3 is 1.24 bits per heavy atom. The maximum atomic E-state index is 13.1. The summed E-state index contributed by atoms with van der Waals surface area (Å²) in [6.45, 7) is -0.478. The summed E-state index contributed by atoms with van der Waals surface area (Å²) in [6.07, 6.45) is -17.2. The molecule has 2 heterocycles. The smallest absolute Gasteiger partial charge is 0.373 e. The number of hydrogen-bond donors (Lipinski definition) is 0. The van der Waals surface area contributed by atoms with Crippen molar-refractivity contribution >= 4 is 0 Å². The molecule has 2 unspecified atom stereocenters. The zero-order chi connectivity index (χ0) is 16.1. The molecule has 2 aliphatic rings. The molecule has 0 radical (unpaired) electrons. The topological polar surface area (TPSA) is 34.3 Å². The first-order valence-electron chi connectivity index (χ1n) is 5.81. The van der Waals surface area contributed by atoms with Crippen LogP contribution in [-0.2, 0) is 14.2 Å². The van der Waals surface area contributed by atoms with Crippen molar-refractivity contribution in [1.29, 1.82) is 0 Å². The van der Waals surface area contributed by atoms with Gasteiger partial charge < -0.3 is 9.47 Å². The van der Waals surface area contributed by atoms with E-state index in [1.165, 1.54) is 0 Å². The van der Waals surface area contributed by atoms with Crippen molar-refractivity contribution in [2.75, 3.05) is 13.2 Å². The minimum Gasteiger partial charge on any atom is -0.373 e. The van der Waals surface area contributed by atoms with Crippen molar-refractivity contribution in [2.24, 2.45) is 0 Å². The molecule has 0 N–H and O–H groups in total. The highest BCUT2D eigenvalue weighted by Gasteiger charge is 2.70. The Morgan fingerprint density at radius 2 is 1.00 bits per heavy atom. The Hall–Kier alpha value is -0.680.